The Bertz CT molecular complexity index is 1790. The van der Waals surface area contributed by atoms with Crippen LogP contribution in [-0.4, -0.2) is 51.4 Å². The monoisotopic (exact) mass is 589 g/mol. The van der Waals surface area contributed by atoms with Crippen molar-refractivity contribution >= 4 is 45.8 Å². The number of H-pyrrole nitrogens is 1. The molecule has 1 aliphatic rings. The quantitative estimate of drug-likeness (QED) is 0.194. The molecule has 3 amide bonds. The number of amides is 3. The van der Waals surface area contributed by atoms with Gasteiger partial charge in [0, 0.05) is 41.1 Å². The van der Waals surface area contributed by atoms with Crippen molar-refractivity contribution in [3.63, 3.8) is 0 Å². The van der Waals surface area contributed by atoms with E-state index in [4.69, 9.17) is 0 Å². The Labute approximate surface area is 256 Å². The second-order valence-corrected chi connectivity index (χ2v) is 12.9. The van der Waals surface area contributed by atoms with E-state index in [0.717, 1.165) is 69.0 Å². The molecule has 43 heavy (non-hydrogen) atoms. The number of imidazole rings is 1. The summed E-state index contributed by atoms with van der Waals surface area (Å²) in [6, 6.07) is 27.7. The molecular formula is C35H35N5O2S. The molecular weight excluding hydrogens is 554 g/mol. The van der Waals surface area contributed by atoms with Crippen LogP contribution < -0.4 is 10.6 Å². The van der Waals surface area contributed by atoms with Crippen LogP contribution in [0.2, 0.25) is 0 Å². The third-order valence-electron chi connectivity index (χ3n) is 7.76. The minimum atomic E-state index is -0.324. The number of benzene rings is 4. The van der Waals surface area contributed by atoms with E-state index >= 15 is 0 Å². The molecule has 1 aliphatic heterocycles. The van der Waals surface area contributed by atoms with E-state index in [9.17, 15) is 9.59 Å². The first kappa shape index (κ1) is 28.6. The molecule has 1 fully saturated rings. The maximum atomic E-state index is 13.5. The van der Waals surface area contributed by atoms with Crippen LogP contribution in [0.3, 0.4) is 0 Å². The molecule has 1 saturated heterocycles. The second kappa shape index (κ2) is 12.0. The summed E-state index contributed by atoms with van der Waals surface area (Å²) in [5, 5.41) is 8.02. The molecule has 6 rings (SSSR count). The molecule has 0 bridgehead atoms. The summed E-state index contributed by atoms with van der Waals surface area (Å²) in [4.78, 5) is 36.0. The highest BCUT2D eigenvalue weighted by Gasteiger charge is 2.22. The van der Waals surface area contributed by atoms with E-state index in [-0.39, 0.29) is 17.4 Å². The van der Waals surface area contributed by atoms with Gasteiger partial charge in [0.2, 0.25) is 0 Å². The largest absolute Gasteiger partial charge is 0.334 e. The molecule has 0 spiro atoms. The smallest absolute Gasteiger partial charge is 0.323 e. The molecule has 8 heteroatoms. The highest BCUT2D eigenvalue weighted by molar-refractivity contribution is 7.99. The molecule has 0 saturated carbocycles. The van der Waals surface area contributed by atoms with Gasteiger partial charge >= 0.3 is 6.03 Å². The van der Waals surface area contributed by atoms with Gasteiger partial charge in [0.15, 0.2) is 5.82 Å². The zero-order chi connectivity index (χ0) is 30.0. The molecule has 1 aromatic heterocycles. The first-order chi connectivity index (χ1) is 20.8. The van der Waals surface area contributed by atoms with Crippen molar-refractivity contribution in [2.24, 2.45) is 0 Å². The van der Waals surface area contributed by atoms with Crippen molar-refractivity contribution in [2.45, 2.75) is 26.2 Å². The molecule has 0 atom stereocenters. The van der Waals surface area contributed by atoms with Crippen LogP contribution in [-0.2, 0) is 5.41 Å². The lowest BCUT2D eigenvalue weighted by Crippen LogP contribution is -2.38. The van der Waals surface area contributed by atoms with Crippen LogP contribution >= 0.6 is 11.8 Å². The summed E-state index contributed by atoms with van der Waals surface area (Å²) >= 11 is 1.86. The molecule has 4 aromatic carbocycles. The standard InChI is InChI=1S/C35H35N5O2S/c1-35(2,3)24-13-14-25(23-9-5-4-6-10-23)30(21-24)39-34(42)38-29-16-15-28(26-11-7-8-12-27(26)29)31-22-36-32(37-31)33(41)40-17-19-43-20-18-40/h4-16,21-22H,17-20H2,1-3H3,(H,36,37)(H2,38,39,42). The Morgan fingerprint density at radius 2 is 1.49 bits per heavy atom. The SMILES string of the molecule is CC(C)(C)c1ccc(-c2ccccc2)c(NC(=O)Nc2ccc(-c3cnc(C(=O)N4CCSCC4)[nH]3)c3ccccc23)c1. The molecule has 7 nitrogen and oxygen atoms in total. The number of urea groups is 1. The summed E-state index contributed by atoms with van der Waals surface area (Å²) in [5.41, 5.74) is 6.15. The third-order valence-corrected chi connectivity index (χ3v) is 8.70. The molecule has 0 unspecified atom stereocenters. The fraction of sp³-hybridized carbons (Fsp3) is 0.229. The van der Waals surface area contributed by atoms with Gasteiger partial charge in [0.25, 0.3) is 5.91 Å². The third kappa shape index (κ3) is 6.15. The number of aromatic amines is 1. The van der Waals surface area contributed by atoms with Gasteiger partial charge in [0.05, 0.1) is 23.3 Å². The molecule has 2 heterocycles. The predicted octanol–water partition coefficient (Wildman–Crippen LogP) is 8.03. The first-order valence-electron chi connectivity index (χ1n) is 14.5. The van der Waals surface area contributed by atoms with Gasteiger partial charge in [-0.3, -0.25) is 4.79 Å². The topological polar surface area (TPSA) is 90.1 Å². The van der Waals surface area contributed by atoms with Gasteiger partial charge in [-0.25, -0.2) is 9.78 Å². The number of carbonyl (C=O) groups is 2. The van der Waals surface area contributed by atoms with Crippen molar-refractivity contribution in [3.8, 4) is 22.4 Å². The summed E-state index contributed by atoms with van der Waals surface area (Å²) in [7, 11) is 0. The Morgan fingerprint density at radius 1 is 0.814 bits per heavy atom. The number of hydrogen-bond acceptors (Lipinski definition) is 4. The maximum absolute atomic E-state index is 13.5. The number of fused-ring (bicyclic) bond motifs is 1. The van der Waals surface area contributed by atoms with Crippen molar-refractivity contribution in [3.05, 3.63) is 103 Å². The Hall–Kier alpha value is -4.56. The van der Waals surface area contributed by atoms with Crippen LogP contribution in [0.4, 0.5) is 16.2 Å². The van der Waals surface area contributed by atoms with Crippen molar-refractivity contribution in [1.82, 2.24) is 14.9 Å². The Kier molecular flexibility index (Phi) is 7.95. The van der Waals surface area contributed by atoms with Gasteiger partial charge in [0.1, 0.15) is 0 Å². The van der Waals surface area contributed by atoms with Gasteiger partial charge in [-0.05, 0) is 34.1 Å². The van der Waals surface area contributed by atoms with E-state index in [2.05, 4.69) is 59.6 Å². The molecule has 3 N–H and O–H groups in total. The van der Waals surface area contributed by atoms with Crippen molar-refractivity contribution in [2.75, 3.05) is 35.2 Å². The molecule has 218 valence electrons. The van der Waals surface area contributed by atoms with Crippen LogP contribution in [0, 0.1) is 0 Å². The lowest BCUT2D eigenvalue weighted by Gasteiger charge is -2.25. The molecule has 0 radical (unpaired) electrons. The Morgan fingerprint density at radius 3 is 2.23 bits per heavy atom. The average Bonchev–Trinajstić information content (AvgIpc) is 3.51. The maximum Gasteiger partial charge on any atom is 0.323 e. The van der Waals surface area contributed by atoms with Gasteiger partial charge < -0.3 is 20.5 Å². The van der Waals surface area contributed by atoms with Crippen LogP contribution in [0.5, 0.6) is 0 Å². The minimum Gasteiger partial charge on any atom is -0.334 e. The number of nitrogens with zero attached hydrogens (tertiary/aromatic N) is 2. The fourth-order valence-corrected chi connectivity index (χ4v) is 6.29. The average molecular weight is 590 g/mol. The normalized spacial score (nSPS) is 13.6. The highest BCUT2D eigenvalue weighted by atomic mass is 32.2. The van der Waals surface area contributed by atoms with E-state index < -0.39 is 0 Å². The summed E-state index contributed by atoms with van der Waals surface area (Å²) in [5.74, 6) is 2.17. The summed E-state index contributed by atoms with van der Waals surface area (Å²) < 4.78 is 0. The highest BCUT2D eigenvalue weighted by Crippen LogP contribution is 2.35. The fourth-order valence-electron chi connectivity index (χ4n) is 5.39. The molecule has 0 aliphatic carbocycles. The lowest BCUT2D eigenvalue weighted by atomic mass is 9.85. The number of rotatable bonds is 5. The van der Waals surface area contributed by atoms with Crippen LogP contribution in [0.25, 0.3) is 33.2 Å². The number of thioether (sulfide) groups is 1. The minimum absolute atomic E-state index is 0.0713. The number of hydrogen-bond donors (Lipinski definition) is 3. The summed E-state index contributed by atoms with van der Waals surface area (Å²) in [6.45, 7) is 7.95. The van der Waals surface area contributed by atoms with Gasteiger partial charge in [-0.15, -0.1) is 0 Å². The van der Waals surface area contributed by atoms with Crippen molar-refractivity contribution < 1.29 is 9.59 Å². The molecule has 5 aromatic rings. The predicted molar refractivity (Wildman–Crippen MR) is 178 cm³/mol. The second-order valence-electron chi connectivity index (χ2n) is 11.7. The van der Waals surface area contributed by atoms with Gasteiger partial charge in [-0.2, -0.15) is 11.8 Å². The Balaban J connectivity index is 1.28. The number of carbonyl (C=O) groups excluding carboxylic acids is 2. The summed E-state index contributed by atoms with van der Waals surface area (Å²) in [6.07, 6.45) is 1.71. The number of aromatic nitrogens is 2. The van der Waals surface area contributed by atoms with E-state index in [0.29, 0.717) is 11.5 Å². The van der Waals surface area contributed by atoms with Crippen molar-refractivity contribution in [1.29, 1.82) is 0 Å². The zero-order valence-corrected chi connectivity index (χ0v) is 25.4. The first-order valence-corrected chi connectivity index (χ1v) is 15.7. The van der Waals surface area contributed by atoms with Crippen LogP contribution in [0.15, 0.2) is 91.1 Å². The van der Waals surface area contributed by atoms with Gasteiger partial charge in [-0.1, -0.05) is 93.6 Å². The van der Waals surface area contributed by atoms with E-state index in [1.54, 1.807) is 6.20 Å². The van der Waals surface area contributed by atoms with E-state index in [1.807, 2.05) is 83.4 Å². The van der Waals surface area contributed by atoms with E-state index in [1.165, 1.54) is 0 Å². The number of anilines is 2. The lowest BCUT2D eigenvalue weighted by molar-refractivity contribution is 0.0761. The number of nitrogens with one attached hydrogen (secondary N) is 3. The van der Waals surface area contributed by atoms with Crippen LogP contribution in [0.1, 0.15) is 37.0 Å². The zero-order valence-electron chi connectivity index (χ0n) is 24.6.